The predicted octanol–water partition coefficient (Wildman–Crippen LogP) is 2.26. The van der Waals surface area contributed by atoms with Gasteiger partial charge in [-0.05, 0) is 30.3 Å². The minimum absolute atomic E-state index is 0.177. The van der Waals surface area contributed by atoms with Crippen LogP contribution < -0.4 is 5.73 Å². The van der Waals surface area contributed by atoms with E-state index in [1.54, 1.807) is 6.33 Å². The summed E-state index contributed by atoms with van der Waals surface area (Å²) in [4.78, 5) is 10.9. The van der Waals surface area contributed by atoms with Crippen LogP contribution in [0.1, 0.15) is 49.8 Å². The molecule has 0 spiro atoms. The van der Waals surface area contributed by atoms with E-state index in [2.05, 4.69) is 20.9 Å². The SMILES string of the molecule is Nc1ncnc2c1CC=C2CN1CC(CC2CCCCC2)[C@@H](O)C1. The Balaban J connectivity index is 1.36. The molecule has 0 aromatic carbocycles. The van der Waals surface area contributed by atoms with E-state index >= 15 is 0 Å². The zero-order valence-electron chi connectivity index (χ0n) is 14.3. The van der Waals surface area contributed by atoms with Crippen LogP contribution in [0.4, 0.5) is 5.82 Å². The van der Waals surface area contributed by atoms with Crippen LogP contribution in [-0.2, 0) is 6.42 Å². The Hall–Kier alpha value is -1.46. The summed E-state index contributed by atoms with van der Waals surface area (Å²) in [6, 6.07) is 0. The van der Waals surface area contributed by atoms with Crippen LogP contribution in [0.15, 0.2) is 12.4 Å². The van der Waals surface area contributed by atoms with Crippen molar-refractivity contribution in [3.05, 3.63) is 23.7 Å². The van der Waals surface area contributed by atoms with E-state index in [4.69, 9.17) is 5.73 Å². The topological polar surface area (TPSA) is 75.3 Å². The summed E-state index contributed by atoms with van der Waals surface area (Å²) in [6.45, 7) is 2.65. The first-order valence-electron chi connectivity index (χ1n) is 9.40. The number of fused-ring (bicyclic) bond motifs is 1. The fourth-order valence-electron chi connectivity index (χ4n) is 4.76. The summed E-state index contributed by atoms with van der Waals surface area (Å²) >= 11 is 0. The molecule has 1 aromatic rings. The highest BCUT2D eigenvalue weighted by Gasteiger charge is 2.34. The maximum Gasteiger partial charge on any atom is 0.130 e. The summed E-state index contributed by atoms with van der Waals surface area (Å²) < 4.78 is 0. The second-order valence-corrected chi connectivity index (χ2v) is 7.78. The van der Waals surface area contributed by atoms with Gasteiger partial charge in [0.05, 0.1) is 11.8 Å². The van der Waals surface area contributed by atoms with Gasteiger partial charge in [0.25, 0.3) is 0 Å². The summed E-state index contributed by atoms with van der Waals surface area (Å²) in [6.07, 6.45) is 12.5. The van der Waals surface area contributed by atoms with E-state index in [1.165, 1.54) is 44.1 Å². The van der Waals surface area contributed by atoms with Crippen molar-refractivity contribution in [1.82, 2.24) is 14.9 Å². The Labute approximate surface area is 144 Å². The molecule has 4 rings (SSSR count). The lowest BCUT2D eigenvalue weighted by Gasteiger charge is -2.25. The van der Waals surface area contributed by atoms with Gasteiger partial charge < -0.3 is 10.8 Å². The highest BCUT2D eigenvalue weighted by Crippen LogP contribution is 2.34. The fraction of sp³-hybridized carbons (Fsp3) is 0.684. The average molecular weight is 328 g/mol. The smallest absolute Gasteiger partial charge is 0.130 e. The van der Waals surface area contributed by atoms with E-state index in [9.17, 15) is 5.11 Å². The minimum Gasteiger partial charge on any atom is -0.391 e. The number of allylic oxidation sites excluding steroid dienone is 1. The Bertz CT molecular complexity index is 624. The number of aliphatic hydroxyl groups is 1. The van der Waals surface area contributed by atoms with Crippen LogP contribution in [0, 0.1) is 11.8 Å². The standard InChI is InChI=1S/C19H28N4O/c20-19-16-7-6-14(18(16)21-12-22-19)9-23-10-15(17(24)11-23)8-13-4-2-1-3-5-13/h6,12-13,15,17,24H,1-5,7-11H2,(H2,20,21,22)/t15?,17-/m0/s1. The van der Waals surface area contributed by atoms with Crippen molar-refractivity contribution in [2.45, 2.75) is 51.0 Å². The van der Waals surface area contributed by atoms with Crippen molar-refractivity contribution in [3.63, 3.8) is 0 Å². The number of hydrogen-bond acceptors (Lipinski definition) is 5. The maximum atomic E-state index is 10.5. The molecule has 24 heavy (non-hydrogen) atoms. The van der Waals surface area contributed by atoms with Gasteiger partial charge in [0.1, 0.15) is 12.1 Å². The van der Waals surface area contributed by atoms with Gasteiger partial charge in [-0.2, -0.15) is 0 Å². The summed E-state index contributed by atoms with van der Waals surface area (Å²) in [5.74, 6) is 1.87. The third kappa shape index (κ3) is 3.20. The summed E-state index contributed by atoms with van der Waals surface area (Å²) in [7, 11) is 0. The van der Waals surface area contributed by atoms with Crippen molar-refractivity contribution in [2.24, 2.45) is 11.8 Å². The zero-order chi connectivity index (χ0) is 16.5. The molecule has 0 bridgehead atoms. The van der Waals surface area contributed by atoms with Gasteiger partial charge in [0.2, 0.25) is 0 Å². The number of rotatable bonds is 4. The van der Waals surface area contributed by atoms with Crippen LogP contribution >= 0.6 is 0 Å². The molecular weight excluding hydrogens is 300 g/mol. The van der Waals surface area contributed by atoms with Gasteiger partial charge in [-0.3, -0.25) is 4.90 Å². The largest absolute Gasteiger partial charge is 0.391 e. The third-order valence-corrected chi connectivity index (χ3v) is 6.07. The number of likely N-dealkylation sites (tertiary alicyclic amines) is 1. The second kappa shape index (κ2) is 6.81. The van der Waals surface area contributed by atoms with Crippen LogP contribution in [0.5, 0.6) is 0 Å². The zero-order valence-corrected chi connectivity index (χ0v) is 14.3. The van der Waals surface area contributed by atoms with E-state index < -0.39 is 0 Å². The number of anilines is 1. The van der Waals surface area contributed by atoms with Crippen molar-refractivity contribution in [2.75, 3.05) is 25.4 Å². The molecule has 0 amide bonds. The Morgan fingerprint density at radius 3 is 2.83 bits per heavy atom. The molecular formula is C19H28N4O. The molecule has 3 aliphatic rings. The van der Waals surface area contributed by atoms with Crippen molar-refractivity contribution >= 4 is 11.4 Å². The normalized spacial score (nSPS) is 28.1. The molecule has 5 heteroatoms. The Morgan fingerprint density at radius 1 is 1.17 bits per heavy atom. The Morgan fingerprint density at radius 2 is 2.00 bits per heavy atom. The van der Waals surface area contributed by atoms with E-state index in [1.807, 2.05) is 0 Å². The third-order valence-electron chi connectivity index (χ3n) is 6.07. The molecule has 2 aliphatic carbocycles. The molecule has 2 atom stereocenters. The quantitative estimate of drug-likeness (QED) is 0.887. The average Bonchev–Trinajstić information content (AvgIpc) is 3.14. The molecule has 0 radical (unpaired) electrons. The lowest BCUT2D eigenvalue weighted by molar-refractivity contribution is 0.123. The first-order chi connectivity index (χ1) is 11.7. The summed E-state index contributed by atoms with van der Waals surface area (Å²) in [5, 5.41) is 10.5. The Kier molecular flexibility index (Phi) is 4.55. The number of aromatic nitrogens is 2. The van der Waals surface area contributed by atoms with Crippen molar-refractivity contribution < 1.29 is 5.11 Å². The van der Waals surface area contributed by atoms with Crippen LogP contribution in [0.25, 0.3) is 5.57 Å². The van der Waals surface area contributed by atoms with Crippen LogP contribution in [0.3, 0.4) is 0 Å². The molecule has 1 aliphatic heterocycles. The molecule has 1 saturated carbocycles. The van der Waals surface area contributed by atoms with Gasteiger partial charge in [0.15, 0.2) is 0 Å². The number of β-amino-alcohol motifs (C(OH)–C–C–N with tert-alkyl or cyclic N) is 1. The lowest BCUT2D eigenvalue weighted by Crippen LogP contribution is -2.24. The van der Waals surface area contributed by atoms with E-state index in [0.717, 1.165) is 43.2 Å². The van der Waals surface area contributed by atoms with Gasteiger partial charge in [-0.25, -0.2) is 9.97 Å². The number of nitrogens with zero attached hydrogens (tertiary/aromatic N) is 3. The van der Waals surface area contributed by atoms with Crippen molar-refractivity contribution in [3.8, 4) is 0 Å². The maximum absolute atomic E-state index is 10.5. The van der Waals surface area contributed by atoms with Crippen LogP contribution in [-0.4, -0.2) is 45.7 Å². The lowest BCUT2D eigenvalue weighted by atomic mass is 9.82. The minimum atomic E-state index is -0.177. The number of nitrogens with two attached hydrogens (primary N) is 1. The molecule has 5 nitrogen and oxygen atoms in total. The van der Waals surface area contributed by atoms with Gasteiger partial charge in [-0.1, -0.05) is 38.2 Å². The van der Waals surface area contributed by atoms with Crippen molar-refractivity contribution in [1.29, 1.82) is 0 Å². The first kappa shape index (κ1) is 16.0. The fourth-order valence-corrected chi connectivity index (χ4v) is 4.76. The van der Waals surface area contributed by atoms with E-state index in [0.29, 0.717) is 11.7 Å². The second-order valence-electron chi connectivity index (χ2n) is 7.78. The van der Waals surface area contributed by atoms with Gasteiger partial charge in [0, 0.05) is 25.2 Å². The highest BCUT2D eigenvalue weighted by molar-refractivity contribution is 5.74. The van der Waals surface area contributed by atoms with Gasteiger partial charge in [-0.15, -0.1) is 0 Å². The molecule has 1 aromatic heterocycles. The number of hydrogen-bond donors (Lipinski definition) is 2. The number of aliphatic hydroxyl groups excluding tert-OH is 1. The summed E-state index contributed by atoms with van der Waals surface area (Å²) in [5.41, 5.74) is 9.26. The molecule has 2 fully saturated rings. The first-order valence-corrected chi connectivity index (χ1v) is 9.40. The number of nitrogen functional groups attached to an aromatic ring is 1. The molecule has 3 N–H and O–H groups in total. The predicted molar refractivity (Wildman–Crippen MR) is 95.3 cm³/mol. The molecule has 130 valence electrons. The van der Waals surface area contributed by atoms with Gasteiger partial charge >= 0.3 is 0 Å². The molecule has 1 unspecified atom stereocenters. The molecule has 2 heterocycles. The highest BCUT2D eigenvalue weighted by atomic mass is 16.3. The van der Waals surface area contributed by atoms with E-state index in [-0.39, 0.29) is 6.10 Å². The monoisotopic (exact) mass is 328 g/mol. The van der Waals surface area contributed by atoms with Crippen LogP contribution in [0.2, 0.25) is 0 Å². The molecule has 1 saturated heterocycles.